The zero-order chi connectivity index (χ0) is 22.8. The quantitative estimate of drug-likeness (QED) is 0.276. The van der Waals surface area contributed by atoms with Crippen molar-refractivity contribution in [3.05, 3.63) is 118 Å². The summed E-state index contributed by atoms with van der Waals surface area (Å²) >= 11 is -0.523. The first-order chi connectivity index (χ1) is 16.7. The fourth-order valence-corrected chi connectivity index (χ4v) is 7.89. The zero-order valence-corrected chi connectivity index (χ0v) is 20.3. The molecule has 162 valence electrons. The summed E-state index contributed by atoms with van der Waals surface area (Å²) in [4.78, 5) is 37.2. The molecule has 4 aliphatic rings. The van der Waals surface area contributed by atoms with E-state index in [1.807, 2.05) is 24.5 Å². The Balaban J connectivity index is 1.18. The molecule has 0 N–H and O–H groups in total. The minimum Gasteiger partial charge on any atom is -0.0615 e. The molecular formula is C28H17N3O2Te. The second kappa shape index (κ2) is 7.46. The summed E-state index contributed by atoms with van der Waals surface area (Å²) in [5.74, 6) is 1.64. The molecule has 3 heterocycles. The fraction of sp³-hybridized carbons (Fsp3) is 0.0714. The summed E-state index contributed by atoms with van der Waals surface area (Å²) in [5.41, 5.74) is 5.92. The topological polar surface area (TPSA) is 63.2 Å². The number of anilines is 2. The molecule has 1 aromatic carbocycles. The number of aromatic nitrogens is 2. The van der Waals surface area contributed by atoms with Gasteiger partial charge in [0, 0.05) is 0 Å². The number of nitrogens with zero attached hydrogens (tertiary/aromatic N) is 3. The number of allylic oxidation sites excluding steroid dienone is 7. The number of pyridine rings is 2. The smallest absolute Gasteiger partial charge is 0.0615 e. The van der Waals surface area contributed by atoms with Gasteiger partial charge >= 0.3 is 183 Å². The van der Waals surface area contributed by atoms with Gasteiger partial charge in [0.05, 0.1) is 0 Å². The van der Waals surface area contributed by atoms with E-state index in [0.717, 1.165) is 23.6 Å². The molecule has 0 radical (unpaired) electrons. The molecule has 0 unspecified atom stereocenters. The normalized spacial score (nSPS) is 17.9. The summed E-state index contributed by atoms with van der Waals surface area (Å²) in [5, 5.41) is 0. The van der Waals surface area contributed by atoms with Crippen molar-refractivity contribution in [1.82, 2.24) is 9.97 Å². The van der Waals surface area contributed by atoms with Gasteiger partial charge in [-0.3, -0.25) is 0 Å². The van der Waals surface area contributed by atoms with Crippen LogP contribution in [0, 0.1) is 0 Å². The molecule has 34 heavy (non-hydrogen) atoms. The molecule has 0 saturated heterocycles. The van der Waals surface area contributed by atoms with E-state index >= 15 is 0 Å². The average molecular weight is 555 g/mol. The van der Waals surface area contributed by atoms with Crippen molar-refractivity contribution in [2.45, 2.75) is 12.8 Å². The maximum atomic E-state index is 12.8. The molecule has 0 saturated carbocycles. The Hall–Kier alpha value is -3.59. The first kappa shape index (κ1) is 19.8. The van der Waals surface area contributed by atoms with Crippen molar-refractivity contribution in [3.63, 3.8) is 0 Å². The van der Waals surface area contributed by atoms with Crippen molar-refractivity contribution in [2.24, 2.45) is 0 Å². The summed E-state index contributed by atoms with van der Waals surface area (Å²) in [7, 11) is 0. The number of rotatable bonds is 2. The predicted octanol–water partition coefficient (Wildman–Crippen LogP) is 3.50. The number of fused-ring (bicyclic) bond motifs is 3. The number of Topliss-reactive ketones (excluding diaryl/α,β-unsaturated/α-hetero) is 2. The Morgan fingerprint density at radius 2 is 1.38 bits per heavy atom. The van der Waals surface area contributed by atoms with E-state index in [1.165, 1.54) is 24.1 Å². The first-order valence-electron chi connectivity index (χ1n) is 11.1. The van der Waals surface area contributed by atoms with Crippen LogP contribution in [0.5, 0.6) is 0 Å². The second-order valence-corrected chi connectivity index (χ2v) is 11.7. The number of ketones is 2. The van der Waals surface area contributed by atoms with E-state index in [-0.39, 0.29) is 17.1 Å². The molecule has 0 atom stereocenters. The molecule has 5 nitrogen and oxygen atoms in total. The van der Waals surface area contributed by atoms with E-state index in [1.54, 1.807) is 30.3 Å². The van der Waals surface area contributed by atoms with Gasteiger partial charge in [-0.25, -0.2) is 0 Å². The van der Waals surface area contributed by atoms with Gasteiger partial charge < -0.3 is 0 Å². The van der Waals surface area contributed by atoms with E-state index in [0.29, 0.717) is 17.5 Å². The standard InChI is InChI=1S/C28H17N3O2Te/c32-25-20-5-1-2-6-21(20)26(33)22(25)13-16-11-17-14-19(15-18(17)12-16)31-27-23(7-3-9-29-27)34-24-8-4-10-30-28(24)31/h1-11,13,15H,12,14H2. The molecule has 0 fully saturated rings. The van der Waals surface area contributed by atoms with Crippen molar-refractivity contribution in [3.8, 4) is 0 Å². The summed E-state index contributed by atoms with van der Waals surface area (Å²) in [6.45, 7) is 0. The van der Waals surface area contributed by atoms with Crippen LogP contribution in [0.15, 0.2) is 107 Å². The van der Waals surface area contributed by atoms with Crippen LogP contribution < -0.4 is 12.1 Å². The second-order valence-electron chi connectivity index (χ2n) is 8.61. The van der Waals surface area contributed by atoms with Crippen molar-refractivity contribution in [2.75, 3.05) is 4.90 Å². The predicted molar refractivity (Wildman–Crippen MR) is 131 cm³/mol. The van der Waals surface area contributed by atoms with Gasteiger partial charge in [0.2, 0.25) is 0 Å². The van der Waals surface area contributed by atoms with Gasteiger partial charge in [0.15, 0.2) is 0 Å². The fourth-order valence-electron chi connectivity index (χ4n) is 5.03. The van der Waals surface area contributed by atoms with Crippen LogP contribution in [-0.4, -0.2) is 42.5 Å². The van der Waals surface area contributed by atoms with Crippen LogP contribution in [0.2, 0.25) is 0 Å². The molecule has 2 aromatic heterocycles. The number of carbonyl (C=O) groups is 2. The van der Waals surface area contributed by atoms with Gasteiger partial charge in [-0.2, -0.15) is 0 Å². The van der Waals surface area contributed by atoms with E-state index < -0.39 is 20.9 Å². The molecule has 1 aliphatic heterocycles. The molecule has 3 aliphatic carbocycles. The Labute approximate surface area is 206 Å². The number of hydrogen-bond acceptors (Lipinski definition) is 5. The number of carbonyl (C=O) groups excluding carboxylic acids is 2. The van der Waals surface area contributed by atoms with Crippen LogP contribution in [0.3, 0.4) is 0 Å². The van der Waals surface area contributed by atoms with Crippen molar-refractivity contribution >= 4 is 51.3 Å². The SMILES string of the molecule is O=C1C(=CC2=CC3=C(C=C(N4c5ncccc5[Te]c5cccnc54)C3)C2)C(=O)c2ccccc21. The van der Waals surface area contributed by atoms with Gasteiger partial charge in [0.1, 0.15) is 0 Å². The van der Waals surface area contributed by atoms with Gasteiger partial charge in [0.25, 0.3) is 0 Å². The van der Waals surface area contributed by atoms with E-state index in [9.17, 15) is 9.59 Å². The average Bonchev–Trinajstić information content (AvgIpc) is 3.50. The third-order valence-electron chi connectivity index (χ3n) is 6.55. The van der Waals surface area contributed by atoms with Crippen molar-refractivity contribution < 1.29 is 9.59 Å². The molecular weight excluding hydrogens is 538 g/mol. The number of hydrogen-bond donors (Lipinski definition) is 0. The molecule has 0 bridgehead atoms. The van der Waals surface area contributed by atoms with E-state index in [2.05, 4.69) is 29.2 Å². The van der Waals surface area contributed by atoms with Crippen LogP contribution in [0.1, 0.15) is 33.6 Å². The van der Waals surface area contributed by atoms with Gasteiger partial charge in [-0.05, 0) is 0 Å². The molecule has 6 heteroatoms. The van der Waals surface area contributed by atoms with Crippen LogP contribution in [0.25, 0.3) is 0 Å². The third-order valence-corrected chi connectivity index (χ3v) is 9.62. The van der Waals surface area contributed by atoms with Crippen molar-refractivity contribution in [1.29, 1.82) is 0 Å². The Bertz CT molecular complexity index is 1500. The minimum absolute atomic E-state index is 0.174. The Kier molecular flexibility index (Phi) is 4.35. The van der Waals surface area contributed by atoms with E-state index in [4.69, 9.17) is 9.97 Å². The Morgan fingerprint density at radius 3 is 2.00 bits per heavy atom. The minimum atomic E-state index is -0.523. The van der Waals surface area contributed by atoms with Crippen LogP contribution >= 0.6 is 0 Å². The molecule has 0 spiro atoms. The molecule has 7 rings (SSSR count). The molecule has 3 aromatic rings. The zero-order valence-electron chi connectivity index (χ0n) is 18.0. The van der Waals surface area contributed by atoms with Crippen LogP contribution in [0.4, 0.5) is 11.6 Å². The Morgan fingerprint density at radius 1 is 0.765 bits per heavy atom. The first-order valence-corrected chi connectivity index (χ1v) is 13.4. The monoisotopic (exact) mass is 557 g/mol. The molecule has 0 amide bonds. The number of benzene rings is 1. The third kappa shape index (κ3) is 2.93. The summed E-state index contributed by atoms with van der Waals surface area (Å²) in [6, 6.07) is 15.4. The summed E-state index contributed by atoms with van der Waals surface area (Å²) < 4.78 is 2.64. The van der Waals surface area contributed by atoms with Gasteiger partial charge in [-0.15, -0.1) is 0 Å². The van der Waals surface area contributed by atoms with Crippen LogP contribution in [-0.2, 0) is 0 Å². The van der Waals surface area contributed by atoms with Gasteiger partial charge in [-0.1, -0.05) is 24.3 Å². The summed E-state index contributed by atoms with van der Waals surface area (Å²) in [6.07, 6.45) is 11.3. The maximum absolute atomic E-state index is 12.8.